The molecule has 2 fully saturated rings. The molecule has 3 heterocycles. The summed E-state index contributed by atoms with van der Waals surface area (Å²) in [7, 11) is 1.96. The average Bonchev–Trinajstić information content (AvgIpc) is 3.18. The van der Waals surface area contributed by atoms with Gasteiger partial charge in [-0.1, -0.05) is 0 Å². The van der Waals surface area contributed by atoms with Crippen molar-refractivity contribution in [2.45, 2.75) is 6.54 Å². The van der Waals surface area contributed by atoms with Gasteiger partial charge in [0.25, 0.3) is 0 Å². The molecular weight excluding hydrogens is 337 g/mol. The van der Waals surface area contributed by atoms with E-state index < -0.39 is 11.4 Å². The number of fused-ring (bicyclic) bond motifs is 2. The van der Waals surface area contributed by atoms with Crippen molar-refractivity contribution in [3.63, 3.8) is 0 Å². The number of carbonyl (C=O) groups is 1. The molecule has 0 radical (unpaired) electrons. The predicted octanol–water partition coefficient (Wildman–Crippen LogP) is 1.13. The average molecular weight is 361 g/mol. The second-order valence-corrected chi connectivity index (χ2v) is 7.68. The molecule has 4 rings (SSSR count). The molecule has 0 bridgehead atoms. The van der Waals surface area contributed by atoms with Crippen LogP contribution in [-0.2, 0) is 18.4 Å². The zero-order chi connectivity index (χ0) is 18.5. The largest absolute Gasteiger partial charge is 0.481 e. The lowest BCUT2D eigenvalue weighted by Crippen LogP contribution is -2.41. The molecule has 1 aromatic heterocycles. The number of aliphatic hydroxyl groups excluding tert-OH is 1. The number of halogens is 1. The summed E-state index contributed by atoms with van der Waals surface area (Å²) in [5, 5.41) is 19.9. The fourth-order valence-corrected chi connectivity index (χ4v) is 4.77. The van der Waals surface area contributed by atoms with Gasteiger partial charge in [0.2, 0.25) is 0 Å². The Bertz CT molecular complexity index is 852. The third-order valence-electron chi connectivity index (χ3n) is 6.08. The predicted molar refractivity (Wildman–Crippen MR) is 95.2 cm³/mol. The highest BCUT2D eigenvalue weighted by Gasteiger charge is 2.57. The van der Waals surface area contributed by atoms with Crippen LogP contribution in [0.2, 0.25) is 0 Å². The highest BCUT2D eigenvalue weighted by Crippen LogP contribution is 2.43. The van der Waals surface area contributed by atoms with Gasteiger partial charge < -0.3 is 14.8 Å². The maximum atomic E-state index is 13.5. The van der Waals surface area contributed by atoms with Crippen molar-refractivity contribution < 1.29 is 19.4 Å². The number of aryl methyl sites for hydroxylation is 1. The second kappa shape index (κ2) is 6.33. The summed E-state index contributed by atoms with van der Waals surface area (Å²) in [6.45, 7) is 3.67. The molecule has 0 spiro atoms. The van der Waals surface area contributed by atoms with Crippen molar-refractivity contribution in [2.75, 3.05) is 39.3 Å². The molecule has 2 N–H and O–H groups in total. The van der Waals surface area contributed by atoms with Crippen molar-refractivity contribution in [1.82, 2.24) is 14.4 Å². The molecule has 140 valence electrons. The number of β-amino-alcohol motifs (C(OH)–C–C–N with tert-alkyl or cyclic N) is 1. The Balaban J connectivity index is 1.55. The van der Waals surface area contributed by atoms with Crippen molar-refractivity contribution in [1.29, 1.82) is 0 Å². The standard InChI is InChI=1S/C19H24FN3O3/c1-21-16(7-13-6-15(20)2-3-17(13)21)10-23-9-14-8-22(4-5-24)11-19(14,12-23)18(25)26/h2-3,6-7,14,24H,4-5,8-12H2,1H3,(H,25,26)/t14-,19-/m1/s1. The van der Waals surface area contributed by atoms with Crippen LogP contribution < -0.4 is 0 Å². The summed E-state index contributed by atoms with van der Waals surface area (Å²) in [5.74, 6) is -0.928. The second-order valence-electron chi connectivity index (χ2n) is 7.68. The first-order chi connectivity index (χ1) is 12.4. The number of carboxylic acids is 1. The van der Waals surface area contributed by atoms with Crippen LogP contribution in [0.4, 0.5) is 4.39 Å². The Morgan fingerprint density at radius 1 is 1.27 bits per heavy atom. The van der Waals surface area contributed by atoms with Crippen LogP contribution in [0.15, 0.2) is 24.3 Å². The molecule has 26 heavy (non-hydrogen) atoms. The van der Waals surface area contributed by atoms with E-state index in [0.717, 1.165) is 23.1 Å². The van der Waals surface area contributed by atoms with E-state index in [0.29, 0.717) is 32.7 Å². The minimum absolute atomic E-state index is 0.0542. The number of hydrogen-bond acceptors (Lipinski definition) is 4. The van der Waals surface area contributed by atoms with E-state index in [1.54, 1.807) is 6.07 Å². The molecule has 6 nitrogen and oxygen atoms in total. The minimum Gasteiger partial charge on any atom is -0.481 e. The summed E-state index contributed by atoms with van der Waals surface area (Å²) in [4.78, 5) is 16.3. The Morgan fingerprint density at radius 3 is 2.69 bits per heavy atom. The summed E-state index contributed by atoms with van der Waals surface area (Å²) in [6.07, 6.45) is 0. The van der Waals surface area contributed by atoms with Gasteiger partial charge in [-0.2, -0.15) is 0 Å². The van der Waals surface area contributed by atoms with Gasteiger partial charge in [-0.3, -0.25) is 14.6 Å². The van der Waals surface area contributed by atoms with Crippen LogP contribution >= 0.6 is 0 Å². The van der Waals surface area contributed by atoms with E-state index in [4.69, 9.17) is 5.11 Å². The van der Waals surface area contributed by atoms with Crippen LogP contribution in [0.25, 0.3) is 10.9 Å². The smallest absolute Gasteiger partial charge is 0.312 e. The molecule has 0 saturated carbocycles. The lowest BCUT2D eigenvalue weighted by Gasteiger charge is -2.25. The first-order valence-corrected chi connectivity index (χ1v) is 8.96. The molecule has 7 heteroatoms. The normalized spacial score (nSPS) is 26.7. The summed E-state index contributed by atoms with van der Waals surface area (Å²) in [6, 6.07) is 6.75. The number of aromatic nitrogens is 1. The van der Waals surface area contributed by atoms with Crippen LogP contribution in [0.1, 0.15) is 5.69 Å². The van der Waals surface area contributed by atoms with Crippen LogP contribution in [-0.4, -0.2) is 69.9 Å². The Morgan fingerprint density at radius 2 is 2.00 bits per heavy atom. The molecule has 0 amide bonds. The van der Waals surface area contributed by atoms with Gasteiger partial charge in [0.15, 0.2) is 0 Å². The Kier molecular flexibility index (Phi) is 4.25. The highest BCUT2D eigenvalue weighted by molar-refractivity contribution is 5.81. The number of carboxylic acid groups (broad SMARTS) is 1. The quantitative estimate of drug-likeness (QED) is 0.836. The zero-order valence-electron chi connectivity index (χ0n) is 14.9. The lowest BCUT2D eigenvalue weighted by molar-refractivity contribution is -0.149. The van der Waals surface area contributed by atoms with Gasteiger partial charge in [0.05, 0.1) is 12.0 Å². The third-order valence-corrected chi connectivity index (χ3v) is 6.08. The maximum Gasteiger partial charge on any atom is 0.312 e. The van der Waals surface area contributed by atoms with Crippen LogP contribution in [0.3, 0.4) is 0 Å². The summed E-state index contributed by atoms with van der Waals surface area (Å²) in [5.41, 5.74) is 1.27. The molecule has 2 atom stereocenters. The highest BCUT2D eigenvalue weighted by atomic mass is 19.1. The van der Waals surface area contributed by atoms with Gasteiger partial charge in [-0.15, -0.1) is 0 Å². The van der Waals surface area contributed by atoms with Crippen molar-refractivity contribution >= 4 is 16.9 Å². The zero-order valence-corrected chi connectivity index (χ0v) is 14.9. The van der Waals surface area contributed by atoms with Gasteiger partial charge in [0.1, 0.15) is 5.82 Å². The molecular formula is C19H24FN3O3. The maximum absolute atomic E-state index is 13.5. The van der Waals surface area contributed by atoms with Gasteiger partial charge in [0, 0.05) is 68.8 Å². The SMILES string of the molecule is Cn1c(CN2C[C@H]3CN(CCO)C[C@@]3(C(=O)O)C2)cc2cc(F)ccc21. The van der Waals surface area contributed by atoms with Gasteiger partial charge in [-0.25, -0.2) is 4.39 Å². The Hall–Kier alpha value is -1.96. The summed E-state index contributed by atoms with van der Waals surface area (Å²) >= 11 is 0. The fourth-order valence-electron chi connectivity index (χ4n) is 4.77. The van der Waals surface area contributed by atoms with Crippen molar-refractivity contribution in [3.05, 3.63) is 35.8 Å². The fraction of sp³-hybridized carbons (Fsp3) is 0.526. The van der Waals surface area contributed by atoms with Crippen LogP contribution in [0, 0.1) is 17.2 Å². The number of hydrogen-bond donors (Lipinski definition) is 2. The first kappa shape index (κ1) is 17.5. The van der Waals surface area contributed by atoms with E-state index in [-0.39, 0.29) is 18.3 Å². The van der Waals surface area contributed by atoms with E-state index in [1.165, 1.54) is 12.1 Å². The van der Waals surface area contributed by atoms with E-state index in [9.17, 15) is 14.3 Å². The van der Waals surface area contributed by atoms with Crippen molar-refractivity contribution in [2.24, 2.45) is 18.4 Å². The lowest BCUT2D eigenvalue weighted by atomic mass is 9.81. The van der Waals surface area contributed by atoms with Gasteiger partial charge >= 0.3 is 5.97 Å². The van der Waals surface area contributed by atoms with E-state index in [2.05, 4.69) is 9.80 Å². The van der Waals surface area contributed by atoms with Gasteiger partial charge in [-0.05, 0) is 24.3 Å². The monoisotopic (exact) mass is 361 g/mol. The molecule has 2 saturated heterocycles. The van der Waals surface area contributed by atoms with E-state index in [1.807, 2.05) is 17.7 Å². The number of nitrogens with zero attached hydrogens (tertiary/aromatic N) is 3. The molecule has 0 unspecified atom stereocenters. The third kappa shape index (κ3) is 2.71. The number of aliphatic carboxylic acids is 1. The minimum atomic E-state index is -0.758. The Labute approximate surface area is 151 Å². The first-order valence-electron chi connectivity index (χ1n) is 8.96. The number of rotatable bonds is 5. The molecule has 2 aliphatic heterocycles. The van der Waals surface area contributed by atoms with Crippen LogP contribution in [0.5, 0.6) is 0 Å². The summed E-state index contributed by atoms with van der Waals surface area (Å²) < 4.78 is 15.5. The topological polar surface area (TPSA) is 68.9 Å². The molecule has 1 aromatic carbocycles. The molecule has 0 aliphatic carbocycles. The van der Waals surface area contributed by atoms with Crippen molar-refractivity contribution in [3.8, 4) is 0 Å². The number of likely N-dealkylation sites (tertiary alicyclic amines) is 2. The number of benzene rings is 1. The number of aliphatic hydroxyl groups is 1. The molecule has 2 aliphatic rings. The van der Waals surface area contributed by atoms with E-state index >= 15 is 0 Å². The molecule has 2 aromatic rings.